The van der Waals surface area contributed by atoms with Gasteiger partial charge in [-0.05, 0) is 18.2 Å². The van der Waals surface area contributed by atoms with Gasteiger partial charge in [-0.15, -0.1) is 0 Å². The van der Waals surface area contributed by atoms with Crippen LogP contribution in [0.5, 0.6) is 23.0 Å². The van der Waals surface area contributed by atoms with E-state index in [-0.39, 0.29) is 5.91 Å². The smallest absolute Gasteiger partial charge is 0.257 e. The van der Waals surface area contributed by atoms with E-state index in [1.54, 1.807) is 18.2 Å². The third-order valence-electron chi connectivity index (χ3n) is 4.08. The number of thiazole rings is 1. The molecule has 2 aromatic carbocycles. The molecule has 1 N–H and O–H groups in total. The summed E-state index contributed by atoms with van der Waals surface area (Å²) in [7, 11) is 0. The molecule has 8 heteroatoms. The number of hydrogen-bond donors (Lipinski definition) is 1. The number of nitrogens with zero attached hydrogens (tertiary/aromatic N) is 1. The van der Waals surface area contributed by atoms with Gasteiger partial charge in [0, 0.05) is 17.7 Å². The third-order valence-corrected chi connectivity index (χ3v) is 5.01. The van der Waals surface area contributed by atoms with E-state index >= 15 is 0 Å². The molecule has 0 spiro atoms. The molecule has 5 rings (SSSR count). The van der Waals surface area contributed by atoms with Crippen molar-refractivity contribution in [1.29, 1.82) is 0 Å². The predicted molar refractivity (Wildman–Crippen MR) is 96.0 cm³/mol. The first-order chi connectivity index (χ1) is 12.8. The number of carbonyl (C=O) groups excluding carboxylic acids is 1. The van der Waals surface area contributed by atoms with Crippen molar-refractivity contribution in [2.75, 3.05) is 31.7 Å². The van der Waals surface area contributed by atoms with E-state index in [0.29, 0.717) is 60.1 Å². The zero-order valence-electron chi connectivity index (χ0n) is 13.6. The van der Waals surface area contributed by atoms with Crippen molar-refractivity contribution < 1.29 is 23.7 Å². The number of aromatic nitrogens is 1. The Morgan fingerprint density at radius 1 is 0.885 bits per heavy atom. The van der Waals surface area contributed by atoms with E-state index < -0.39 is 0 Å². The highest BCUT2D eigenvalue weighted by Crippen LogP contribution is 2.38. The van der Waals surface area contributed by atoms with Crippen LogP contribution in [0.25, 0.3) is 10.2 Å². The Morgan fingerprint density at radius 3 is 2.31 bits per heavy atom. The number of amides is 1. The Hall–Kier alpha value is -3.00. The summed E-state index contributed by atoms with van der Waals surface area (Å²) < 4.78 is 23.1. The summed E-state index contributed by atoms with van der Waals surface area (Å²) in [5.41, 5.74) is 1.25. The van der Waals surface area contributed by atoms with Gasteiger partial charge in [-0.2, -0.15) is 0 Å². The fourth-order valence-corrected chi connectivity index (χ4v) is 3.74. The van der Waals surface area contributed by atoms with Crippen LogP contribution in [-0.4, -0.2) is 37.3 Å². The van der Waals surface area contributed by atoms with Crippen molar-refractivity contribution >= 4 is 32.6 Å². The van der Waals surface area contributed by atoms with Gasteiger partial charge in [0.15, 0.2) is 28.1 Å². The Morgan fingerprint density at radius 2 is 1.54 bits per heavy atom. The molecule has 0 bridgehead atoms. The lowest BCUT2D eigenvalue weighted by molar-refractivity contribution is 0.102. The largest absolute Gasteiger partial charge is 0.486 e. The monoisotopic (exact) mass is 370 g/mol. The van der Waals surface area contributed by atoms with Crippen LogP contribution in [0.3, 0.4) is 0 Å². The van der Waals surface area contributed by atoms with Crippen LogP contribution in [-0.2, 0) is 0 Å². The molecule has 132 valence electrons. The number of ether oxygens (including phenoxy) is 4. The van der Waals surface area contributed by atoms with Gasteiger partial charge < -0.3 is 18.9 Å². The number of fused-ring (bicyclic) bond motifs is 3. The van der Waals surface area contributed by atoms with Crippen LogP contribution >= 0.6 is 11.3 Å². The highest BCUT2D eigenvalue weighted by Gasteiger charge is 2.18. The molecule has 1 amide bonds. The first kappa shape index (κ1) is 15.3. The normalized spacial score (nSPS) is 14.9. The fourth-order valence-electron chi connectivity index (χ4n) is 2.87. The van der Waals surface area contributed by atoms with Crippen LogP contribution < -0.4 is 24.3 Å². The first-order valence-electron chi connectivity index (χ1n) is 8.17. The van der Waals surface area contributed by atoms with Crippen LogP contribution in [0.1, 0.15) is 10.4 Å². The van der Waals surface area contributed by atoms with E-state index in [2.05, 4.69) is 10.3 Å². The lowest BCUT2D eigenvalue weighted by atomic mass is 10.2. The minimum atomic E-state index is -0.252. The molecule has 26 heavy (non-hydrogen) atoms. The average molecular weight is 370 g/mol. The third kappa shape index (κ3) is 2.68. The minimum Gasteiger partial charge on any atom is -0.486 e. The summed E-state index contributed by atoms with van der Waals surface area (Å²) in [4.78, 5) is 17.0. The van der Waals surface area contributed by atoms with E-state index in [9.17, 15) is 4.79 Å². The van der Waals surface area contributed by atoms with Crippen LogP contribution in [0, 0.1) is 0 Å². The summed E-state index contributed by atoms with van der Waals surface area (Å²) in [5.74, 6) is 2.36. The SMILES string of the molecule is O=C(Nc1nc2cc3c(cc2s1)OCCO3)c1ccc2c(c1)OCCO2. The second-order valence-corrected chi connectivity index (χ2v) is 6.83. The topological polar surface area (TPSA) is 78.9 Å². The number of nitrogens with one attached hydrogen (secondary N) is 1. The molecular weight excluding hydrogens is 356 g/mol. The molecule has 3 heterocycles. The van der Waals surface area contributed by atoms with Crippen molar-refractivity contribution in [2.24, 2.45) is 0 Å². The van der Waals surface area contributed by atoms with Gasteiger partial charge in [0.2, 0.25) is 0 Å². The lowest BCUT2D eigenvalue weighted by Crippen LogP contribution is -2.17. The zero-order valence-corrected chi connectivity index (χ0v) is 14.4. The molecule has 0 saturated heterocycles. The highest BCUT2D eigenvalue weighted by atomic mass is 32.1. The molecule has 2 aliphatic rings. The van der Waals surface area contributed by atoms with E-state index in [1.807, 2.05) is 12.1 Å². The van der Waals surface area contributed by atoms with Gasteiger partial charge in [-0.1, -0.05) is 11.3 Å². The Balaban J connectivity index is 1.41. The molecule has 0 atom stereocenters. The Bertz CT molecular complexity index is 973. The molecule has 3 aromatic rings. The van der Waals surface area contributed by atoms with Crippen molar-refractivity contribution in [3.05, 3.63) is 35.9 Å². The van der Waals surface area contributed by atoms with Crippen molar-refractivity contribution in [1.82, 2.24) is 4.98 Å². The van der Waals surface area contributed by atoms with Crippen molar-refractivity contribution in [3.8, 4) is 23.0 Å². The van der Waals surface area contributed by atoms with Crippen molar-refractivity contribution in [3.63, 3.8) is 0 Å². The second-order valence-electron chi connectivity index (χ2n) is 5.80. The summed E-state index contributed by atoms with van der Waals surface area (Å²) in [6.45, 7) is 2.05. The first-order valence-corrected chi connectivity index (χ1v) is 8.99. The van der Waals surface area contributed by atoms with Gasteiger partial charge in [-0.25, -0.2) is 4.98 Å². The number of carbonyl (C=O) groups is 1. The quantitative estimate of drug-likeness (QED) is 0.747. The molecule has 0 radical (unpaired) electrons. The molecule has 2 aliphatic heterocycles. The second kappa shape index (κ2) is 6.06. The molecule has 7 nitrogen and oxygen atoms in total. The summed E-state index contributed by atoms with van der Waals surface area (Å²) >= 11 is 1.39. The summed E-state index contributed by atoms with van der Waals surface area (Å²) in [6, 6.07) is 8.85. The van der Waals surface area contributed by atoms with Crippen LogP contribution in [0.4, 0.5) is 5.13 Å². The van der Waals surface area contributed by atoms with E-state index in [0.717, 1.165) is 10.2 Å². The molecule has 0 aliphatic carbocycles. The maximum absolute atomic E-state index is 12.5. The van der Waals surface area contributed by atoms with E-state index in [4.69, 9.17) is 18.9 Å². The molecule has 0 unspecified atom stereocenters. The van der Waals surface area contributed by atoms with Crippen LogP contribution in [0.15, 0.2) is 30.3 Å². The lowest BCUT2D eigenvalue weighted by Gasteiger charge is -2.18. The van der Waals surface area contributed by atoms with Gasteiger partial charge in [-0.3, -0.25) is 10.1 Å². The summed E-state index contributed by atoms with van der Waals surface area (Å²) in [6.07, 6.45) is 0. The van der Waals surface area contributed by atoms with Crippen LogP contribution in [0.2, 0.25) is 0 Å². The summed E-state index contributed by atoms with van der Waals surface area (Å²) in [5, 5.41) is 3.35. The number of benzene rings is 2. The molecule has 1 aromatic heterocycles. The molecular formula is C18H14N2O5S. The fraction of sp³-hybridized carbons (Fsp3) is 0.222. The van der Waals surface area contributed by atoms with Gasteiger partial charge in [0.1, 0.15) is 26.4 Å². The maximum Gasteiger partial charge on any atom is 0.257 e. The molecule has 0 fully saturated rings. The standard InChI is InChI=1S/C18H14N2O5S/c21-17(10-1-2-12-13(7-10)23-4-3-22-12)20-18-19-11-8-14-15(9-16(11)26-18)25-6-5-24-14/h1-2,7-9H,3-6H2,(H,19,20,21). The maximum atomic E-state index is 12.5. The zero-order chi connectivity index (χ0) is 17.5. The van der Waals surface area contributed by atoms with Gasteiger partial charge >= 0.3 is 0 Å². The number of rotatable bonds is 2. The van der Waals surface area contributed by atoms with Gasteiger partial charge in [0.25, 0.3) is 5.91 Å². The number of hydrogen-bond acceptors (Lipinski definition) is 7. The molecule has 0 saturated carbocycles. The minimum absolute atomic E-state index is 0.252. The van der Waals surface area contributed by atoms with Crippen molar-refractivity contribution in [2.45, 2.75) is 0 Å². The Kier molecular flexibility index (Phi) is 3.56. The van der Waals surface area contributed by atoms with E-state index in [1.165, 1.54) is 11.3 Å². The average Bonchev–Trinajstić information content (AvgIpc) is 3.06. The predicted octanol–water partition coefficient (Wildman–Crippen LogP) is 3.09. The number of anilines is 1. The highest BCUT2D eigenvalue weighted by molar-refractivity contribution is 7.22. The van der Waals surface area contributed by atoms with Gasteiger partial charge in [0.05, 0.1) is 10.2 Å². The Labute approximate surface area is 152 Å².